The Hall–Kier alpha value is -0.280. The molecule has 0 aromatic heterocycles. The lowest BCUT2D eigenvalue weighted by Crippen LogP contribution is -2.15. The molecule has 2 nitrogen and oxygen atoms in total. The highest BCUT2D eigenvalue weighted by molar-refractivity contribution is 6.42. The number of aryl methyl sites for hydroxylation is 1. The van der Waals surface area contributed by atoms with E-state index in [4.69, 9.17) is 27.9 Å². The second kappa shape index (κ2) is 8.38. The lowest BCUT2D eigenvalue weighted by Gasteiger charge is -2.14. The van der Waals surface area contributed by atoms with Crippen molar-refractivity contribution in [1.82, 2.24) is 5.32 Å². The van der Waals surface area contributed by atoms with Crippen LogP contribution >= 0.6 is 23.2 Å². The van der Waals surface area contributed by atoms with Gasteiger partial charge in [-0.05, 0) is 55.7 Å². The van der Waals surface area contributed by atoms with Crippen LogP contribution < -0.4 is 5.32 Å². The Labute approximate surface area is 138 Å². The summed E-state index contributed by atoms with van der Waals surface area (Å²) in [6, 6.07) is 4.87. The summed E-state index contributed by atoms with van der Waals surface area (Å²) < 4.78 is 5.42. The van der Waals surface area contributed by atoms with Crippen molar-refractivity contribution in [2.75, 3.05) is 7.11 Å². The SMILES string of the molecule is CCC(CCCc1cc(Cl)c(Cl)c(CNC2CC2)c1)OC. The maximum atomic E-state index is 6.31. The fraction of sp³-hybridized carbons (Fsp3) is 0.647. The summed E-state index contributed by atoms with van der Waals surface area (Å²) in [5.74, 6) is 0. The molecule has 4 heteroatoms. The van der Waals surface area contributed by atoms with E-state index in [0.29, 0.717) is 22.2 Å². The molecule has 118 valence electrons. The van der Waals surface area contributed by atoms with Crippen LogP contribution in [0.4, 0.5) is 0 Å². The van der Waals surface area contributed by atoms with E-state index in [-0.39, 0.29) is 0 Å². The molecule has 21 heavy (non-hydrogen) atoms. The van der Waals surface area contributed by atoms with Crippen molar-refractivity contribution in [2.45, 2.75) is 64.1 Å². The van der Waals surface area contributed by atoms with Crippen LogP contribution in [0.1, 0.15) is 50.2 Å². The normalized spacial score (nSPS) is 16.2. The Morgan fingerprint density at radius 3 is 2.71 bits per heavy atom. The molecule has 0 aliphatic heterocycles. The molecule has 1 aromatic carbocycles. The minimum absolute atomic E-state index is 0.365. The molecule has 1 fully saturated rings. The van der Waals surface area contributed by atoms with Gasteiger partial charge in [0.25, 0.3) is 0 Å². The molecule has 0 saturated heterocycles. The summed E-state index contributed by atoms with van der Waals surface area (Å²) in [6.45, 7) is 2.97. The predicted molar refractivity (Wildman–Crippen MR) is 90.3 cm³/mol. The van der Waals surface area contributed by atoms with Crippen molar-refractivity contribution in [3.05, 3.63) is 33.3 Å². The number of benzene rings is 1. The summed E-state index contributed by atoms with van der Waals surface area (Å²) >= 11 is 12.6. The lowest BCUT2D eigenvalue weighted by molar-refractivity contribution is 0.0905. The molecule has 1 aliphatic rings. The molecular weight excluding hydrogens is 305 g/mol. The third-order valence-electron chi connectivity index (χ3n) is 4.10. The molecule has 0 spiro atoms. The summed E-state index contributed by atoms with van der Waals surface area (Å²) in [5.41, 5.74) is 2.38. The largest absolute Gasteiger partial charge is 0.381 e. The molecule has 1 N–H and O–H groups in total. The van der Waals surface area contributed by atoms with Crippen LogP contribution in [-0.4, -0.2) is 19.3 Å². The molecule has 1 unspecified atom stereocenters. The van der Waals surface area contributed by atoms with E-state index in [0.717, 1.165) is 37.8 Å². The second-order valence-electron chi connectivity index (χ2n) is 5.86. The van der Waals surface area contributed by atoms with Gasteiger partial charge in [-0.25, -0.2) is 0 Å². The smallest absolute Gasteiger partial charge is 0.0637 e. The number of ether oxygens (including phenoxy) is 1. The van der Waals surface area contributed by atoms with Gasteiger partial charge in [-0.1, -0.05) is 36.2 Å². The Bertz CT molecular complexity index is 456. The second-order valence-corrected chi connectivity index (χ2v) is 6.65. The van der Waals surface area contributed by atoms with Crippen molar-refractivity contribution in [2.24, 2.45) is 0 Å². The van der Waals surface area contributed by atoms with Crippen molar-refractivity contribution >= 4 is 23.2 Å². The zero-order valence-electron chi connectivity index (χ0n) is 12.9. The number of nitrogens with one attached hydrogen (secondary N) is 1. The van der Waals surface area contributed by atoms with E-state index in [1.165, 1.54) is 18.4 Å². The van der Waals surface area contributed by atoms with Crippen LogP contribution in [-0.2, 0) is 17.7 Å². The Morgan fingerprint density at radius 1 is 1.33 bits per heavy atom. The monoisotopic (exact) mass is 329 g/mol. The molecule has 0 amide bonds. The molecule has 1 aromatic rings. The zero-order valence-corrected chi connectivity index (χ0v) is 14.4. The van der Waals surface area contributed by atoms with Crippen molar-refractivity contribution in [3.8, 4) is 0 Å². The van der Waals surface area contributed by atoms with Crippen LogP contribution in [0.15, 0.2) is 12.1 Å². The standard InChI is InChI=1S/C17H25Cl2NO/c1-3-15(21-2)6-4-5-12-9-13(11-20-14-7-8-14)17(19)16(18)10-12/h9-10,14-15,20H,3-8,11H2,1-2H3. The highest BCUT2D eigenvalue weighted by Crippen LogP contribution is 2.29. The van der Waals surface area contributed by atoms with Crippen molar-refractivity contribution < 1.29 is 4.74 Å². The number of rotatable bonds is 9. The topological polar surface area (TPSA) is 21.3 Å². The summed E-state index contributed by atoms with van der Waals surface area (Å²) in [4.78, 5) is 0. The summed E-state index contributed by atoms with van der Waals surface area (Å²) in [7, 11) is 1.79. The third kappa shape index (κ3) is 5.45. The molecule has 1 atom stereocenters. The predicted octanol–water partition coefficient (Wildman–Crippen LogP) is 4.99. The van der Waals surface area contributed by atoms with Gasteiger partial charge in [-0.3, -0.25) is 0 Å². The van der Waals surface area contributed by atoms with E-state index >= 15 is 0 Å². The highest BCUT2D eigenvalue weighted by atomic mass is 35.5. The molecular formula is C17H25Cl2NO. The van der Waals surface area contributed by atoms with E-state index < -0.39 is 0 Å². The van der Waals surface area contributed by atoms with Crippen LogP contribution in [0, 0.1) is 0 Å². The number of halogens is 2. The molecule has 1 aliphatic carbocycles. The average molecular weight is 330 g/mol. The molecule has 1 saturated carbocycles. The Kier molecular flexibility index (Phi) is 6.81. The fourth-order valence-electron chi connectivity index (χ4n) is 2.55. The minimum atomic E-state index is 0.365. The molecule has 0 radical (unpaired) electrons. The quantitative estimate of drug-likeness (QED) is 0.688. The molecule has 2 rings (SSSR count). The molecule has 0 heterocycles. The first-order valence-corrected chi connectivity index (χ1v) is 8.62. The van der Waals surface area contributed by atoms with Gasteiger partial charge in [-0.2, -0.15) is 0 Å². The zero-order chi connectivity index (χ0) is 15.2. The minimum Gasteiger partial charge on any atom is -0.381 e. The van der Waals surface area contributed by atoms with Gasteiger partial charge in [0.1, 0.15) is 0 Å². The van der Waals surface area contributed by atoms with Gasteiger partial charge in [0, 0.05) is 19.7 Å². The van der Waals surface area contributed by atoms with E-state index in [1.54, 1.807) is 7.11 Å². The number of methoxy groups -OCH3 is 1. The Balaban J connectivity index is 1.91. The average Bonchev–Trinajstić information content (AvgIpc) is 3.30. The van der Waals surface area contributed by atoms with Crippen LogP contribution in [0.5, 0.6) is 0 Å². The Morgan fingerprint density at radius 2 is 2.10 bits per heavy atom. The highest BCUT2D eigenvalue weighted by Gasteiger charge is 2.20. The maximum absolute atomic E-state index is 6.31. The van der Waals surface area contributed by atoms with Crippen LogP contribution in [0.3, 0.4) is 0 Å². The van der Waals surface area contributed by atoms with E-state index in [9.17, 15) is 0 Å². The third-order valence-corrected chi connectivity index (χ3v) is 4.94. The maximum Gasteiger partial charge on any atom is 0.0637 e. The van der Waals surface area contributed by atoms with Crippen molar-refractivity contribution in [3.63, 3.8) is 0 Å². The van der Waals surface area contributed by atoms with Crippen LogP contribution in [0.2, 0.25) is 10.0 Å². The first-order chi connectivity index (χ1) is 10.1. The van der Waals surface area contributed by atoms with Gasteiger partial charge < -0.3 is 10.1 Å². The fourth-order valence-corrected chi connectivity index (χ4v) is 2.98. The van der Waals surface area contributed by atoms with E-state index in [2.05, 4.69) is 18.3 Å². The lowest BCUT2D eigenvalue weighted by atomic mass is 10.0. The van der Waals surface area contributed by atoms with Gasteiger partial charge in [0.15, 0.2) is 0 Å². The number of hydrogen-bond donors (Lipinski definition) is 1. The first-order valence-electron chi connectivity index (χ1n) is 7.87. The van der Waals surface area contributed by atoms with E-state index in [1.807, 2.05) is 6.07 Å². The summed E-state index contributed by atoms with van der Waals surface area (Å²) in [6.07, 6.45) is 7.20. The number of hydrogen-bond acceptors (Lipinski definition) is 2. The van der Waals surface area contributed by atoms with Crippen LogP contribution in [0.25, 0.3) is 0 Å². The van der Waals surface area contributed by atoms with Gasteiger partial charge in [0.05, 0.1) is 16.1 Å². The molecule has 0 bridgehead atoms. The summed E-state index contributed by atoms with van der Waals surface area (Å²) in [5, 5.41) is 4.86. The van der Waals surface area contributed by atoms with Gasteiger partial charge >= 0.3 is 0 Å². The van der Waals surface area contributed by atoms with Gasteiger partial charge in [-0.15, -0.1) is 0 Å². The first kappa shape index (κ1) is 17.1. The van der Waals surface area contributed by atoms with Crippen molar-refractivity contribution in [1.29, 1.82) is 0 Å². The van der Waals surface area contributed by atoms with Gasteiger partial charge in [0.2, 0.25) is 0 Å².